The van der Waals surface area contributed by atoms with E-state index in [2.05, 4.69) is 15.5 Å². The van der Waals surface area contributed by atoms with Crippen LogP contribution in [0.3, 0.4) is 0 Å². The molecule has 0 aliphatic rings. The second kappa shape index (κ2) is 4.47. The summed E-state index contributed by atoms with van der Waals surface area (Å²) in [5.41, 5.74) is 1.53. The van der Waals surface area contributed by atoms with Crippen LogP contribution in [0.25, 0.3) is 5.65 Å². The van der Waals surface area contributed by atoms with Crippen LogP contribution in [0.4, 0.5) is 19.1 Å². The van der Waals surface area contributed by atoms with Crippen molar-refractivity contribution in [3.63, 3.8) is 0 Å². The molecule has 0 aromatic carbocycles. The van der Waals surface area contributed by atoms with Crippen LogP contribution in [-0.2, 0) is 0 Å². The topological polar surface area (TPSA) is 42.2 Å². The highest BCUT2D eigenvalue weighted by Gasteiger charge is 2.27. The molecule has 1 N–H and O–H groups in total. The Bertz CT molecular complexity index is 545. The zero-order chi connectivity index (χ0) is 13.3. The monoisotopic (exact) mass is 258 g/mol. The van der Waals surface area contributed by atoms with Crippen molar-refractivity contribution in [2.45, 2.75) is 25.9 Å². The van der Waals surface area contributed by atoms with Crippen molar-refractivity contribution in [1.82, 2.24) is 14.6 Å². The number of pyridine rings is 1. The number of rotatable bonds is 3. The second-order valence-electron chi connectivity index (χ2n) is 4.30. The van der Waals surface area contributed by atoms with Gasteiger partial charge in [-0.2, -0.15) is 13.2 Å². The summed E-state index contributed by atoms with van der Waals surface area (Å²) in [5, 5.41) is 9.91. The van der Waals surface area contributed by atoms with Gasteiger partial charge in [0.2, 0.25) is 5.95 Å². The first-order valence-electron chi connectivity index (χ1n) is 5.53. The fourth-order valence-electron chi connectivity index (χ4n) is 1.69. The quantitative estimate of drug-likeness (QED) is 0.920. The van der Waals surface area contributed by atoms with E-state index in [9.17, 15) is 13.2 Å². The Kier molecular flexibility index (Phi) is 3.14. The van der Waals surface area contributed by atoms with Crippen LogP contribution in [0.1, 0.15) is 25.3 Å². The number of hydrogen-bond acceptors (Lipinski definition) is 3. The molecular weight excluding hydrogens is 245 g/mol. The Hall–Kier alpha value is -1.79. The lowest BCUT2D eigenvalue weighted by molar-refractivity contribution is -0.115. The Morgan fingerprint density at radius 3 is 2.67 bits per heavy atom. The molecule has 0 bridgehead atoms. The highest BCUT2D eigenvalue weighted by atomic mass is 19.4. The zero-order valence-corrected chi connectivity index (χ0v) is 9.99. The lowest BCUT2D eigenvalue weighted by Gasteiger charge is -2.09. The Morgan fingerprint density at radius 1 is 1.33 bits per heavy atom. The number of nitrogens with zero attached hydrogens (tertiary/aromatic N) is 3. The summed E-state index contributed by atoms with van der Waals surface area (Å²) in [7, 11) is 0. The van der Waals surface area contributed by atoms with Crippen molar-refractivity contribution in [3.05, 3.63) is 23.9 Å². The lowest BCUT2D eigenvalue weighted by Crippen LogP contribution is -2.22. The minimum Gasteiger partial charge on any atom is -0.345 e. The molecule has 0 unspecified atom stereocenters. The van der Waals surface area contributed by atoms with E-state index < -0.39 is 12.7 Å². The summed E-state index contributed by atoms with van der Waals surface area (Å²) < 4.78 is 37.9. The summed E-state index contributed by atoms with van der Waals surface area (Å²) in [4.78, 5) is 0. The van der Waals surface area contributed by atoms with Gasteiger partial charge in [-0.15, -0.1) is 10.2 Å². The number of anilines is 1. The van der Waals surface area contributed by atoms with Crippen molar-refractivity contribution in [1.29, 1.82) is 0 Å². The van der Waals surface area contributed by atoms with E-state index in [1.54, 1.807) is 12.3 Å². The van der Waals surface area contributed by atoms with Crippen LogP contribution in [0.5, 0.6) is 0 Å². The van der Waals surface area contributed by atoms with Gasteiger partial charge in [0.25, 0.3) is 0 Å². The van der Waals surface area contributed by atoms with Gasteiger partial charge in [0.1, 0.15) is 6.54 Å². The predicted octanol–water partition coefficient (Wildman–Crippen LogP) is 2.83. The predicted molar refractivity (Wildman–Crippen MR) is 61.6 cm³/mol. The number of aromatic nitrogens is 3. The second-order valence-corrected chi connectivity index (χ2v) is 4.30. The largest absolute Gasteiger partial charge is 0.405 e. The molecule has 0 aliphatic heterocycles. The number of hydrogen-bond donors (Lipinski definition) is 1. The van der Waals surface area contributed by atoms with Crippen LogP contribution in [0, 0.1) is 0 Å². The van der Waals surface area contributed by atoms with E-state index in [1.807, 2.05) is 19.9 Å². The molecule has 0 aliphatic carbocycles. The lowest BCUT2D eigenvalue weighted by atomic mass is 10.1. The van der Waals surface area contributed by atoms with Gasteiger partial charge < -0.3 is 5.32 Å². The van der Waals surface area contributed by atoms with Crippen LogP contribution in [-0.4, -0.2) is 27.3 Å². The Labute approximate surface area is 102 Å². The van der Waals surface area contributed by atoms with Gasteiger partial charge in [-0.25, -0.2) is 0 Å². The minimum absolute atomic E-state index is 0.102. The van der Waals surface area contributed by atoms with E-state index in [1.165, 1.54) is 4.40 Å². The van der Waals surface area contributed by atoms with Gasteiger partial charge in [0.05, 0.1) is 0 Å². The molecule has 0 saturated carbocycles. The van der Waals surface area contributed by atoms with Crippen LogP contribution in [0.2, 0.25) is 0 Å². The first kappa shape index (κ1) is 12.7. The van der Waals surface area contributed by atoms with Crippen LogP contribution in [0.15, 0.2) is 18.3 Å². The number of alkyl halides is 3. The van der Waals surface area contributed by atoms with Crippen molar-refractivity contribution >= 4 is 11.6 Å². The van der Waals surface area contributed by atoms with Gasteiger partial charge in [-0.3, -0.25) is 4.40 Å². The molecule has 2 rings (SSSR count). The molecule has 98 valence electrons. The van der Waals surface area contributed by atoms with Crippen LogP contribution >= 0.6 is 0 Å². The highest BCUT2D eigenvalue weighted by molar-refractivity contribution is 5.53. The van der Waals surface area contributed by atoms with Gasteiger partial charge >= 0.3 is 6.18 Å². The van der Waals surface area contributed by atoms with E-state index in [0.717, 1.165) is 5.56 Å². The van der Waals surface area contributed by atoms with E-state index in [-0.39, 0.29) is 11.9 Å². The Morgan fingerprint density at radius 2 is 2.06 bits per heavy atom. The number of halogens is 3. The molecular formula is C11H13F3N4. The molecule has 2 aromatic rings. The van der Waals surface area contributed by atoms with E-state index >= 15 is 0 Å². The van der Waals surface area contributed by atoms with Crippen LogP contribution < -0.4 is 5.32 Å². The van der Waals surface area contributed by atoms with Gasteiger partial charge in [-0.05, 0) is 17.5 Å². The average Bonchev–Trinajstić information content (AvgIpc) is 2.68. The molecule has 18 heavy (non-hydrogen) atoms. The summed E-state index contributed by atoms with van der Waals surface area (Å²) in [6.07, 6.45) is -2.64. The summed E-state index contributed by atoms with van der Waals surface area (Å²) in [5.74, 6) is 0.332. The summed E-state index contributed by atoms with van der Waals surface area (Å²) in [6.45, 7) is 2.86. The van der Waals surface area contributed by atoms with E-state index in [4.69, 9.17) is 0 Å². The molecule has 2 aromatic heterocycles. The molecule has 0 radical (unpaired) electrons. The van der Waals surface area contributed by atoms with E-state index in [0.29, 0.717) is 5.65 Å². The standard InChI is InChI=1S/C11H13F3N4/c1-7(2)8-4-3-5-18-9(8)16-17-10(18)15-6-11(12,13)14/h3-5,7H,6H2,1-2H3,(H,15,17). The molecule has 0 spiro atoms. The average molecular weight is 258 g/mol. The van der Waals surface area contributed by atoms with Crippen molar-refractivity contribution in [3.8, 4) is 0 Å². The maximum Gasteiger partial charge on any atom is 0.405 e. The van der Waals surface area contributed by atoms with Gasteiger partial charge in [0.15, 0.2) is 5.65 Å². The third-order valence-corrected chi connectivity index (χ3v) is 2.53. The first-order chi connectivity index (χ1) is 8.38. The molecule has 0 atom stereocenters. The fourth-order valence-corrected chi connectivity index (χ4v) is 1.69. The molecule has 0 fully saturated rings. The zero-order valence-electron chi connectivity index (χ0n) is 9.99. The molecule has 0 amide bonds. The minimum atomic E-state index is -4.28. The molecule has 2 heterocycles. The number of fused-ring (bicyclic) bond motifs is 1. The normalized spacial score (nSPS) is 12.3. The molecule has 7 heteroatoms. The van der Waals surface area contributed by atoms with Crippen molar-refractivity contribution < 1.29 is 13.2 Å². The third kappa shape index (κ3) is 2.55. The highest BCUT2D eigenvalue weighted by Crippen LogP contribution is 2.21. The third-order valence-electron chi connectivity index (χ3n) is 2.53. The van der Waals surface area contributed by atoms with Gasteiger partial charge in [0, 0.05) is 6.20 Å². The first-order valence-corrected chi connectivity index (χ1v) is 5.53. The SMILES string of the molecule is CC(C)c1cccn2c(NCC(F)(F)F)nnc12. The number of nitrogens with one attached hydrogen (secondary N) is 1. The fraction of sp³-hybridized carbons (Fsp3) is 0.455. The maximum atomic E-state index is 12.1. The molecule has 4 nitrogen and oxygen atoms in total. The molecule has 0 saturated heterocycles. The summed E-state index contributed by atoms with van der Waals surface area (Å²) >= 11 is 0. The Balaban J connectivity index is 2.34. The van der Waals surface area contributed by atoms with Gasteiger partial charge in [-0.1, -0.05) is 19.9 Å². The maximum absolute atomic E-state index is 12.1. The summed E-state index contributed by atoms with van der Waals surface area (Å²) in [6, 6.07) is 3.66. The van der Waals surface area contributed by atoms with Crippen molar-refractivity contribution in [2.24, 2.45) is 0 Å². The smallest absolute Gasteiger partial charge is 0.345 e. The van der Waals surface area contributed by atoms with Crippen molar-refractivity contribution in [2.75, 3.05) is 11.9 Å².